The largest absolute Gasteiger partial charge is 0.388 e. The zero-order valence-corrected chi connectivity index (χ0v) is 11.8. The number of aliphatic hydroxyl groups excluding tert-OH is 1. The number of thiophene rings is 1. The molecule has 1 aliphatic heterocycles. The molecule has 1 saturated heterocycles. The molecular weight excluding hydrogens is 246 g/mol. The van der Waals surface area contributed by atoms with Gasteiger partial charge in [0.25, 0.3) is 0 Å². The Bertz CT molecular complexity index is 323. The first-order chi connectivity index (χ1) is 8.75. The maximum atomic E-state index is 10.1. The molecule has 0 spiro atoms. The van der Waals surface area contributed by atoms with Crippen LogP contribution in [0.25, 0.3) is 0 Å². The molecule has 18 heavy (non-hydrogen) atoms. The highest BCUT2D eigenvalue weighted by molar-refractivity contribution is 7.10. The molecule has 2 N–H and O–H groups in total. The van der Waals surface area contributed by atoms with Crippen LogP contribution in [0, 0.1) is 5.92 Å². The van der Waals surface area contributed by atoms with Gasteiger partial charge in [0.1, 0.15) is 0 Å². The van der Waals surface area contributed by atoms with Crippen molar-refractivity contribution in [3.05, 3.63) is 22.4 Å². The molecule has 1 aromatic rings. The monoisotopic (exact) mass is 269 g/mol. The van der Waals surface area contributed by atoms with Crippen LogP contribution in [-0.2, 0) is 4.74 Å². The van der Waals surface area contributed by atoms with E-state index in [9.17, 15) is 5.11 Å². The fourth-order valence-corrected chi connectivity index (χ4v) is 3.06. The number of aliphatic hydroxyl groups is 1. The van der Waals surface area contributed by atoms with Gasteiger partial charge in [-0.05, 0) is 50.1 Å². The number of hydrogen-bond donors (Lipinski definition) is 2. The number of hydrogen-bond acceptors (Lipinski definition) is 4. The minimum absolute atomic E-state index is 0.331. The van der Waals surface area contributed by atoms with Crippen molar-refractivity contribution in [2.45, 2.75) is 38.3 Å². The van der Waals surface area contributed by atoms with E-state index >= 15 is 0 Å². The Kier molecular flexibility index (Phi) is 5.63. The van der Waals surface area contributed by atoms with Gasteiger partial charge in [0, 0.05) is 24.1 Å². The molecule has 2 atom stereocenters. The van der Waals surface area contributed by atoms with Gasteiger partial charge in [-0.25, -0.2) is 0 Å². The predicted octanol–water partition coefficient (Wildman–Crippen LogP) is 2.58. The van der Waals surface area contributed by atoms with Crippen LogP contribution in [0.5, 0.6) is 0 Å². The minimum Gasteiger partial charge on any atom is -0.388 e. The van der Waals surface area contributed by atoms with Crippen LogP contribution in [0.2, 0.25) is 0 Å². The minimum atomic E-state index is -0.331. The molecule has 0 amide bonds. The van der Waals surface area contributed by atoms with Crippen LogP contribution in [-0.4, -0.2) is 30.9 Å². The zero-order valence-electron chi connectivity index (χ0n) is 11.0. The van der Waals surface area contributed by atoms with Gasteiger partial charge in [0.15, 0.2) is 0 Å². The van der Waals surface area contributed by atoms with E-state index in [1.807, 2.05) is 17.5 Å². The van der Waals surface area contributed by atoms with Gasteiger partial charge >= 0.3 is 0 Å². The van der Waals surface area contributed by atoms with Crippen LogP contribution >= 0.6 is 11.3 Å². The van der Waals surface area contributed by atoms with E-state index in [1.165, 1.54) is 0 Å². The van der Waals surface area contributed by atoms with E-state index in [-0.39, 0.29) is 6.10 Å². The third kappa shape index (κ3) is 4.35. The second-order valence-corrected chi connectivity index (χ2v) is 6.11. The summed E-state index contributed by atoms with van der Waals surface area (Å²) in [6.45, 7) is 4.99. The van der Waals surface area contributed by atoms with Crippen LogP contribution < -0.4 is 5.32 Å². The van der Waals surface area contributed by atoms with Crippen LogP contribution in [0.1, 0.15) is 37.2 Å². The highest BCUT2D eigenvalue weighted by atomic mass is 32.1. The Morgan fingerprint density at radius 3 is 2.94 bits per heavy atom. The summed E-state index contributed by atoms with van der Waals surface area (Å²) in [7, 11) is 0. The number of ether oxygens (including phenoxy) is 1. The van der Waals surface area contributed by atoms with Crippen molar-refractivity contribution in [3.63, 3.8) is 0 Å². The van der Waals surface area contributed by atoms with E-state index in [1.54, 1.807) is 11.3 Å². The second-order valence-electron chi connectivity index (χ2n) is 5.13. The zero-order chi connectivity index (χ0) is 12.8. The van der Waals surface area contributed by atoms with Crippen molar-refractivity contribution < 1.29 is 9.84 Å². The standard InChI is InChI=1S/C14H23NO2S/c1-11(9-13(16)14-3-2-8-18-14)15-10-12-4-6-17-7-5-12/h2-3,8,11-13,15-16H,4-7,9-10H2,1H3. The normalized spacial score (nSPS) is 20.8. The predicted molar refractivity (Wildman–Crippen MR) is 74.9 cm³/mol. The topological polar surface area (TPSA) is 41.5 Å². The van der Waals surface area contributed by atoms with Gasteiger partial charge in [-0.2, -0.15) is 0 Å². The van der Waals surface area contributed by atoms with Crippen LogP contribution in [0.15, 0.2) is 17.5 Å². The lowest BCUT2D eigenvalue weighted by Crippen LogP contribution is -2.34. The summed E-state index contributed by atoms with van der Waals surface area (Å²) in [6.07, 6.45) is 2.77. The van der Waals surface area contributed by atoms with Crippen LogP contribution in [0.3, 0.4) is 0 Å². The van der Waals surface area contributed by atoms with Crippen molar-refractivity contribution in [2.75, 3.05) is 19.8 Å². The summed E-state index contributed by atoms with van der Waals surface area (Å²) in [5.41, 5.74) is 0. The number of nitrogens with one attached hydrogen (secondary N) is 1. The van der Waals surface area contributed by atoms with Crippen molar-refractivity contribution in [2.24, 2.45) is 5.92 Å². The molecular formula is C14H23NO2S. The van der Waals surface area contributed by atoms with Crippen molar-refractivity contribution in [1.29, 1.82) is 0 Å². The maximum absolute atomic E-state index is 10.1. The molecule has 3 nitrogen and oxygen atoms in total. The fraction of sp³-hybridized carbons (Fsp3) is 0.714. The van der Waals surface area contributed by atoms with E-state index in [0.29, 0.717) is 6.04 Å². The maximum Gasteiger partial charge on any atom is 0.0896 e. The number of rotatable bonds is 6. The SMILES string of the molecule is CC(CC(O)c1cccs1)NCC1CCOCC1. The Hall–Kier alpha value is -0.420. The van der Waals surface area contributed by atoms with Crippen molar-refractivity contribution >= 4 is 11.3 Å². The molecule has 0 saturated carbocycles. The van der Waals surface area contributed by atoms with Gasteiger partial charge in [-0.3, -0.25) is 0 Å². The Labute approximate surface area is 113 Å². The van der Waals surface area contributed by atoms with E-state index < -0.39 is 0 Å². The first-order valence-corrected chi connectivity index (χ1v) is 7.66. The molecule has 102 valence electrons. The van der Waals surface area contributed by atoms with Gasteiger partial charge in [-0.1, -0.05) is 6.07 Å². The molecule has 1 aromatic heterocycles. The van der Waals surface area contributed by atoms with Crippen molar-refractivity contribution in [3.8, 4) is 0 Å². The Morgan fingerprint density at radius 1 is 1.50 bits per heavy atom. The Balaban J connectivity index is 1.66. The fourth-order valence-electron chi connectivity index (χ4n) is 2.33. The van der Waals surface area contributed by atoms with E-state index in [2.05, 4.69) is 12.2 Å². The van der Waals surface area contributed by atoms with Gasteiger partial charge < -0.3 is 15.2 Å². The molecule has 2 rings (SSSR count). The molecule has 1 aliphatic rings. The third-order valence-electron chi connectivity index (χ3n) is 3.54. The quantitative estimate of drug-likeness (QED) is 0.834. The van der Waals surface area contributed by atoms with Gasteiger partial charge in [-0.15, -0.1) is 11.3 Å². The summed E-state index contributed by atoms with van der Waals surface area (Å²) in [4.78, 5) is 1.06. The second kappa shape index (κ2) is 7.24. The lowest BCUT2D eigenvalue weighted by atomic mass is 9.99. The van der Waals surface area contributed by atoms with Gasteiger partial charge in [0.05, 0.1) is 6.10 Å². The lowest BCUT2D eigenvalue weighted by molar-refractivity contribution is 0.0646. The average molecular weight is 269 g/mol. The lowest BCUT2D eigenvalue weighted by Gasteiger charge is -2.25. The molecule has 2 unspecified atom stereocenters. The molecule has 2 heterocycles. The highest BCUT2D eigenvalue weighted by Gasteiger charge is 2.16. The third-order valence-corrected chi connectivity index (χ3v) is 4.52. The van der Waals surface area contributed by atoms with Gasteiger partial charge in [0.2, 0.25) is 0 Å². The van der Waals surface area contributed by atoms with Crippen LogP contribution in [0.4, 0.5) is 0 Å². The molecule has 1 fully saturated rings. The van der Waals surface area contributed by atoms with E-state index in [0.717, 1.165) is 49.8 Å². The summed E-state index contributed by atoms with van der Waals surface area (Å²) < 4.78 is 5.35. The first kappa shape index (κ1) is 14.0. The molecule has 4 heteroatoms. The summed E-state index contributed by atoms with van der Waals surface area (Å²) in [6, 6.07) is 4.34. The first-order valence-electron chi connectivity index (χ1n) is 6.78. The van der Waals surface area contributed by atoms with E-state index in [4.69, 9.17) is 4.74 Å². The summed E-state index contributed by atoms with van der Waals surface area (Å²) in [5, 5.41) is 15.6. The average Bonchev–Trinajstić information content (AvgIpc) is 2.91. The van der Waals surface area contributed by atoms with Crippen molar-refractivity contribution in [1.82, 2.24) is 5.32 Å². The smallest absolute Gasteiger partial charge is 0.0896 e. The molecule has 0 aliphatic carbocycles. The molecule has 0 aromatic carbocycles. The summed E-state index contributed by atoms with van der Waals surface area (Å²) in [5.74, 6) is 0.736. The molecule has 0 radical (unpaired) electrons. The molecule has 0 bridgehead atoms. The summed E-state index contributed by atoms with van der Waals surface area (Å²) >= 11 is 1.62. The highest BCUT2D eigenvalue weighted by Crippen LogP contribution is 2.23. The Morgan fingerprint density at radius 2 is 2.28 bits per heavy atom.